The van der Waals surface area contributed by atoms with Gasteiger partial charge in [0, 0.05) is 10.6 Å². The van der Waals surface area contributed by atoms with Crippen LogP contribution in [0, 0.1) is 12.7 Å². The monoisotopic (exact) mass is 319 g/mol. The SMILES string of the molecule is Cc1nnc(Sc2cc(F)c(Br)cc2N)s1. The molecule has 0 radical (unpaired) electrons. The zero-order valence-corrected chi connectivity index (χ0v) is 11.4. The van der Waals surface area contributed by atoms with E-state index in [0.717, 1.165) is 9.35 Å². The summed E-state index contributed by atoms with van der Waals surface area (Å²) in [5.41, 5.74) is 6.30. The van der Waals surface area contributed by atoms with E-state index in [9.17, 15) is 4.39 Å². The summed E-state index contributed by atoms with van der Waals surface area (Å²) in [6.07, 6.45) is 0. The molecule has 7 heteroatoms. The molecule has 0 spiro atoms. The number of benzene rings is 1. The van der Waals surface area contributed by atoms with E-state index in [1.165, 1.54) is 29.2 Å². The van der Waals surface area contributed by atoms with Crippen LogP contribution in [0.25, 0.3) is 0 Å². The molecule has 84 valence electrons. The molecule has 2 rings (SSSR count). The van der Waals surface area contributed by atoms with Crippen molar-refractivity contribution in [3.05, 3.63) is 27.4 Å². The molecule has 0 aliphatic heterocycles. The topological polar surface area (TPSA) is 51.8 Å². The van der Waals surface area contributed by atoms with Gasteiger partial charge in [-0.25, -0.2) is 4.39 Å². The standard InChI is InChI=1S/C9H7BrFN3S2/c1-4-13-14-9(15-4)16-8-3-6(11)5(10)2-7(8)12/h2-3H,12H2,1H3. The van der Waals surface area contributed by atoms with Gasteiger partial charge in [0.2, 0.25) is 0 Å². The molecule has 0 amide bonds. The maximum atomic E-state index is 13.3. The summed E-state index contributed by atoms with van der Waals surface area (Å²) in [7, 11) is 0. The van der Waals surface area contributed by atoms with Crippen LogP contribution < -0.4 is 5.73 Å². The molecule has 2 aromatic rings. The number of rotatable bonds is 2. The normalized spacial score (nSPS) is 10.7. The van der Waals surface area contributed by atoms with Crippen molar-refractivity contribution in [2.24, 2.45) is 0 Å². The number of nitrogens with two attached hydrogens (primary N) is 1. The first-order valence-electron chi connectivity index (χ1n) is 4.29. The minimum Gasteiger partial charge on any atom is -0.398 e. The van der Waals surface area contributed by atoms with Crippen molar-refractivity contribution in [1.29, 1.82) is 0 Å². The lowest BCUT2D eigenvalue weighted by molar-refractivity contribution is 0.618. The third-order valence-electron chi connectivity index (χ3n) is 1.76. The molecule has 1 heterocycles. The lowest BCUT2D eigenvalue weighted by Crippen LogP contribution is -1.90. The summed E-state index contributed by atoms with van der Waals surface area (Å²) >= 11 is 5.85. The van der Waals surface area contributed by atoms with Crippen molar-refractivity contribution >= 4 is 44.7 Å². The number of halogens is 2. The fourth-order valence-electron chi connectivity index (χ4n) is 1.05. The molecular formula is C9H7BrFN3S2. The van der Waals surface area contributed by atoms with Gasteiger partial charge in [-0.05, 0) is 35.0 Å². The molecule has 0 unspecified atom stereocenters. The first-order valence-corrected chi connectivity index (χ1v) is 6.71. The second-order valence-corrected chi connectivity index (χ2v) is 6.32. The molecule has 0 fully saturated rings. The zero-order chi connectivity index (χ0) is 11.7. The maximum Gasteiger partial charge on any atom is 0.179 e. The van der Waals surface area contributed by atoms with Crippen molar-refractivity contribution in [3.63, 3.8) is 0 Å². The minimum absolute atomic E-state index is 0.335. The van der Waals surface area contributed by atoms with Crippen LogP contribution in [0.1, 0.15) is 5.01 Å². The third-order valence-corrected chi connectivity index (χ3v) is 4.33. The molecule has 0 aliphatic carbocycles. The van der Waals surface area contributed by atoms with Crippen LogP contribution in [-0.4, -0.2) is 10.2 Å². The average Bonchev–Trinajstić information content (AvgIpc) is 2.60. The minimum atomic E-state index is -0.335. The molecule has 0 saturated carbocycles. The Bertz CT molecular complexity index is 529. The Hall–Kier alpha value is -0.660. The zero-order valence-electron chi connectivity index (χ0n) is 8.20. The van der Waals surface area contributed by atoms with Crippen LogP contribution in [0.5, 0.6) is 0 Å². The lowest BCUT2D eigenvalue weighted by atomic mass is 10.3. The predicted octanol–water partition coefficient (Wildman–Crippen LogP) is 3.48. The summed E-state index contributed by atoms with van der Waals surface area (Å²) in [5.74, 6) is -0.335. The van der Waals surface area contributed by atoms with Crippen LogP contribution >= 0.6 is 39.0 Å². The quantitative estimate of drug-likeness (QED) is 0.861. The van der Waals surface area contributed by atoms with Crippen molar-refractivity contribution in [2.45, 2.75) is 16.2 Å². The van der Waals surface area contributed by atoms with E-state index in [4.69, 9.17) is 5.73 Å². The fraction of sp³-hybridized carbons (Fsp3) is 0.111. The molecular weight excluding hydrogens is 313 g/mol. The number of hydrogen-bond acceptors (Lipinski definition) is 5. The van der Waals surface area contributed by atoms with Crippen molar-refractivity contribution in [1.82, 2.24) is 10.2 Å². The molecule has 16 heavy (non-hydrogen) atoms. The third kappa shape index (κ3) is 2.53. The van der Waals surface area contributed by atoms with E-state index in [1.807, 2.05) is 6.92 Å². The highest BCUT2D eigenvalue weighted by atomic mass is 79.9. The summed E-state index contributed by atoms with van der Waals surface area (Å²) in [4.78, 5) is 0.650. The van der Waals surface area contributed by atoms with Crippen LogP contribution in [-0.2, 0) is 0 Å². The Labute approximate surface area is 108 Å². The number of nitrogens with zero attached hydrogens (tertiary/aromatic N) is 2. The molecule has 0 saturated heterocycles. The average molecular weight is 320 g/mol. The number of anilines is 1. The molecule has 1 aromatic heterocycles. The van der Waals surface area contributed by atoms with Gasteiger partial charge in [-0.15, -0.1) is 10.2 Å². The van der Waals surface area contributed by atoms with Gasteiger partial charge in [-0.2, -0.15) is 0 Å². The van der Waals surface area contributed by atoms with Gasteiger partial charge in [-0.1, -0.05) is 23.1 Å². The van der Waals surface area contributed by atoms with Crippen molar-refractivity contribution in [3.8, 4) is 0 Å². The summed E-state index contributed by atoms with van der Waals surface area (Å²) in [6, 6.07) is 2.94. The Kier molecular flexibility index (Phi) is 3.46. The van der Waals surface area contributed by atoms with Crippen LogP contribution in [0.2, 0.25) is 0 Å². The largest absolute Gasteiger partial charge is 0.398 e. The van der Waals surface area contributed by atoms with Gasteiger partial charge in [-0.3, -0.25) is 0 Å². The number of aryl methyl sites for hydroxylation is 1. The van der Waals surface area contributed by atoms with E-state index in [-0.39, 0.29) is 5.82 Å². The molecule has 0 atom stereocenters. The highest BCUT2D eigenvalue weighted by molar-refractivity contribution is 9.10. The predicted molar refractivity (Wildman–Crippen MR) is 67.3 cm³/mol. The summed E-state index contributed by atoms with van der Waals surface area (Å²) < 4.78 is 14.4. The van der Waals surface area contributed by atoms with Gasteiger partial charge >= 0.3 is 0 Å². The van der Waals surface area contributed by atoms with Crippen molar-refractivity contribution < 1.29 is 4.39 Å². The molecule has 0 aliphatic rings. The van der Waals surface area contributed by atoms with Crippen LogP contribution in [0.3, 0.4) is 0 Å². The highest BCUT2D eigenvalue weighted by Crippen LogP contribution is 2.36. The van der Waals surface area contributed by atoms with E-state index in [0.29, 0.717) is 15.1 Å². The molecule has 2 N–H and O–H groups in total. The van der Waals surface area contributed by atoms with E-state index in [1.54, 1.807) is 6.07 Å². The first kappa shape index (κ1) is 11.8. The first-order chi connectivity index (χ1) is 7.56. The van der Waals surface area contributed by atoms with Crippen LogP contribution in [0.4, 0.5) is 10.1 Å². The molecule has 3 nitrogen and oxygen atoms in total. The van der Waals surface area contributed by atoms with Gasteiger partial charge in [0.15, 0.2) is 4.34 Å². The van der Waals surface area contributed by atoms with Crippen LogP contribution in [0.15, 0.2) is 25.8 Å². The van der Waals surface area contributed by atoms with Gasteiger partial charge in [0.25, 0.3) is 0 Å². The highest BCUT2D eigenvalue weighted by Gasteiger charge is 2.10. The Balaban J connectivity index is 2.31. The van der Waals surface area contributed by atoms with E-state index < -0.39 is 0 Å². The number of hydrogen-bond donors (Lipinski definition) is 1. The number of aromatic nitrogens is 2. The van der Waals surface area contributed by atoms with E-state index in [2.05, 4.69) is 26.1 Å². The summed E-state index contributed by atoms with van der Waals surface area (Å²) in [6.45, 7) is 1.87. The second-order valence-electron chi connectivity index (χ2n) is 2.99. The Morgan fingerprint density at radius 2 is 2.19 bits per heavy atom. The van der Waals surface area contributed by atoms with Gasteiger partial charge < -0.3 is 5.73 Å². The van der Waals surface area contributed by atoms with Crippen molar-refractivity contribution in [2.75, 3.05) is 5.73 Å². The molecule has 1 aromatic carbocycles. The second kappa shape index (κ2) is 4.68. The Morgan fingerprint density at radius 1 is 1.44 bits per heavy atom. The number of nitrogen functional groups attached to an aromatic ring is 1. The van der Waals surface area contributed by atoms with E-state index >= 15 is 0 Å². The molecule has 0 bridgehead atoms. The maximum absolute atomic E-state index is 13.3. The van der Waals surface area contributed by atoms with Gasteiger partial charge in [0.1, 0.15) is 10.8 Å². The fourth-order valence-corrected chi connectivity index (χ4v) is 3.23. The Morgan fingerprint density at radius 3 is 2.81 bits per heavy atom. The van der Waals surface area contributed by atoms with Gasteiger partial charge in [0.05, 0.1) is 4.47 Å². The lowest BCUT2D eigenvalue weighted by Gasteiger charge is -2.04. The smallest absolute Gasteiger partial charge is 0.179 e. The summed E-state index contributed by atoms with van der Waals surface area (Å²) in [5, 5.41) is 8.71.